The molecule has 2 aliphatic heterocycles. The number of phenols is 8. The van der Waals surface area contributed by atoms with E-state index in [1.54, 1.807) is 6.92 Å². The molecule has 13 nitrogen and oxygen atoms in total. The number of phenolic OH excluding ortho intramolecular Hbond substituents is 8. The van der Waals surface area contributed by atoms with Crippen molar-refractivity contribution in [3.8, 4) is 57.5 Å². The fraction of sp³-hybridized carbons (Fsp3) is 0.194. The van der Waals surface area contributed by atoms with Gasteiger partial charge in [0.25, 0.3) is 0 Å². The first-order valence-corrected chi connectivity index (χ1v) is 13.2. The van der Waals surface area contributed by atoms with Crippen molar-refractivity contribution in [3.05, 3.63) is 81.9 Å². The lowest BCUT2D eigenvalue weighted by Crippen LogP contribution is -2.40. The Labute approximate surface area is 247 Å². The maximum absolute atomic E-state index is 13.5. The van der Waals surface area contributed by atoms with Gasteiger partial charge in [-0.3, -0.25) is 4.79 Å². The third kappa shape index (κ3) is 4.37. The van der Waals surface area contributed by atoms with E-state index in [2.05, 4.69) is 0 Å². The Bertz CT molecular complexity index is 1780. The van der Waals surface area contributed by atoms with Gasteiger partial charge in [0.15, 0.2) is 35.6 Å². The lowest BCUT2D eigenvalue weighted by atomic mass is 9.76. The predicted molar refractivity (Wildman–Crippen MR) is 149 cm³/mol. The molecule has 0 spiro atoms. The molecule has 0 amide bonds. The van der Waals surface area contributed by atoms with Gasteiger partial charge in [0.2, 0.25) is 5.78 Å². The van der Waals surface area contributed by atoms with Crippen LogP contribution in [0.5, 0.6) is 57.5 Å². The molecule has 10 N–H and O–H groups in total. The Hall–Kier alpha value is -5.53. The molecule has 228 valence electrons. The van der Waals surface area contributed by atoms with Crippen molar-refractivity contribution in [2.75, 3.05) is 0 Å². The number of Topliss-reactive ketones (excluding diaryl/α,β-unsaturated/α-hetero) is 1. The fourth-order valence-electron chi connectivity index (χ4n) is 5.99. The second-order valence-corrected chi connectivity index (χ2v) is 10.8. The summed E-state index contributed by atoms with van der Waals surface area (Å²) in [6.07, 6.45) is -6.53. The summed E-state index contributed by atoms with van der Waals surface area (Å²) in [7, 11) is 0. The summed E-state index contributed by atoms with van der Waals surface area (Å²) >= 11 is 0. The van der Waals surface area contributed by atoms with Gasteiger partial charge in [-0.1, -0.05) is 0 Å². The van der Waals surface area contributed by atoms with Crippen molar-refractivity contribution in [1.29, 1.82) is 0 Å². The molecule has 6 rings (SSSR count). The molecule has 0 fully saturated rings. The number of hydrogen-bond donors (Lipinski definition) is 10. The van der Waals surface area contributed by atoms with Crippen molar-refractivity contribution < 1.29 is 65.3 Å². The number of ether oxygens (including phenoxy) is 2. The van der Waals surface area contributed by atoms with Crippen LogP contribution < -0.4 is 9.47 Å². The minimum Gasteiger partial charge on any atom is -0.508 e. The van der Waals surface area contributed by atoms with Crippen molar-refractivity contribution >= 4 is 5.78 Å². The van der Waals surface area contributed by atoms with Crippen molar-refractivity contribution in [2.45, 2.75) is 37.3 Å². The summed E-state index contributed by atoms with van der Waals surface area (Å²) in [6, 6.07) is 8.85. The van der Waals surface area contributed by atoms with Crippen LogP contribution >= 0.6 is 0 Å². The Kier molecular flexibility index (Phi) is 6.52. The lowest BCUT2D eigenvalue weighted by molar-refractivity contribution is 0.0000499. The van der Waals surface area contributed by atoms with Gasteiger partial charge >= 0.3 is 0 Å². The van der Waals surface area contributed by atoms with Gasteiger partial charge in [-0.25, -0.2) is 0 Å². The first-order valence-electron chi connectivity index (χ1n) is 13.2. The second-order valence-electron chi connectivity index (χ2n) is 10.8. The summed E-state index contributed by atoms with van der Waals surface area (Å²) in [5, 5.41) is 105. The smallest absolute Gasteiger partial charge is 0.202 e. The molecule has 0 aliphatic carbocycles. The number of benzene rings is 4. The Morgan fingerprint density at radius 1 is 0.614 bits per heavy atom. The van der Waals surface area contributed by atoms with Gasteiger partial charge in [0.1, 0.15) is 51.9 Å². The van der Waals surface area contributed by atoms with E-state index < -0.39 is 70.4 Å². The second kappa shape index (κ2) is 10.0. The number of carbonyl (C=O) groups is 1. The van der Waals surface area contributed by atoms with Crippen LogP contribution in [0.3, 0.4) is 0 Å². The summed E-state index contributed by atoms with van der Waals surface area (Å²) in [5.41, 5.74) is -0.185. The summed E-state index contributed by atoms with van der Waals surface area (Å²) < 4.78 is 12.1. The van der Waals surface area contributed by atoms with Gasteiger partial charge in [0.05, 0.1) is 5.92 Å². The fourth-order valence-corrected chi connectivity index (χ4v) is 5.99. The number of hydrogen-bond acceptors (Lipinski definition) is 13. The number of aromatic hydroxyl groups is 8. The van der Waals surface area contributed by atoms with Gasteiger partial charge in [-0.2, -0.15) is 0 Å². The van der Waals surface area contributed by atoms with E-state index in [1.165, 1.54) is 18.2 Å². The quantitative estimate of drug-likeness (QED) is 0.151. The normalized spacial score (nSPS) is 22.4. The maximum Gasteiger partial charge on any atom is 0.202 e. The number of ketones is 1. The topological polar surface area (TPSA) is 238 Å². The molecule has 4 aromatic carbocycles. The molecule has 0 saturated carbocycles. The Balaban J connectivity index is 1.62. The van der Waals surface area contributed by atoms with Crippen LogP contribution in [0.1, 0.15) is 56.3 Å². The van der Waals surface area contributed by atoms with Crippen molar-refractivity contribution in [1.82, 2.24) is 0 Å². The number of aryl methyl sites for hydroxylation is 1. The molecule has 44 heavy (non-hydrogen) atoms. The average Bonchev–Trinajstić information content (AvgIpc) is 2.93. The molecular weight excluding hydrogens is 580 g/mol. The largest absolute Gasteiger partial charge is 0.508 e. The molecule has 2 heterocycles. The van der Waals surface area contributed by atoms with Crippen molar-refractivity contribution in [2.24, 2.45) is 0 Å². The highest BCUT2D eigenvalue weighted by molar-refractivity contribution is 6.06. The van der Waals surface area contributed by atoms with E-state index in [4.69, 9.17) is 9.47 Å². The zero-order valence-electron chi connectivity index (χ0n) is 22.7. The third-order valence-electron chi connectivity index (χ3n) is 7.86. The number of aliphatic hydroxyl groups excluding tert-OH is 2. The molecule has 2 aliphatic rings. The van der Waals surface area contributed by atoms with Crippen molar-refractivity contribution in [3.63, 3.8) is 0 Å². The molecule has 0 aromatic heterocycles. The zero-order chi connectivity index (χ0) is 31.8. The van der Waals surface area contributed by atoms with Crippen LogP contribution in [0.2, 0.25) is 0 Å². The predicted octanol–water partition coefficient (Wildman–Crippen LogP) is 2.94. The summed E-state index contributed by atoms with van der Waals surface area (Å²) in [6.45, 7) is 1.54. The van der Waals surface area contributed by atoms with E-state index >= 15 is 0 Å². The van der Waals surface area contributed by atoms with E-state index in [1.807, 2.05) is 0 Å². The molecular formula is C31H26O13. The molecule has 13 heteroatoms. The SMILES string of the molecule is Cc1cc(O)cc(O)c1C1c2c(cc(O)c3c2OC(c2cc(O)c(O)c(O)c2)C(O)C3=O)OC(c2cc(O)cc(O)c2)C1O. The minimum absolute atomic E-state index is 0.0486. The number of fused-ring (bicyclic) bond motifs is 3. The van der Waals surface area contributed by atoms with Crippen LogP contribution in [0, 0.1) is 6.92 Å². The van der Waals surface area contributed by atoms with Crippen LogP contribution in [0.25, 0.3) is 0 Å². The van der Waals surface area contributed by atoms with Gasteiger partial charge < -0.3 is 60.5 Å². The maximum atomic E-state index is 13.5. The van der Waals surface area contributed by atoms with E-state index in [0.717, 1.165) is 30.3 Å². The van der Waals surface area contributed by atoms with E-state index in [0.29, 0.717) is 5.56 Å². The monoisotopic (exact) mass is 606 g/mol. The molecule has 4 aromatic rings. The van der Waals surface area contributed by atoms with Crippen LogP contribution in [0.15, 0.2) is 48.5 Å². The van der Waals surface area contributed by atoms with E-state index in [-0.39, 0.29) is 51.0 Å². The number of carbonyl (C=O) groups excluding carboxylic acids is 1. The molecule has 5 atom stereocenters. The zero-order valence-corrected chi connectivity index (χ0v) is 22.7. The van der Waals surface area contributed by atoms with Gasteiger partial charge in [0, 0.05) is 40.5 Å². The standard InChI is InChI=1S/C31H26O13/c1-10-2-13(32)8-16(35)21(10)24-23-20(43-29(27(24)41)11-3-14(33)7-15(34)4-11)9-17(36)22-26(40)28(42)30(44-31(22)23)12-5-18(37)25(39)19(38)6-12/h2-9,24,27-30,32-39,41-42H,1H3. The Morgan fingerprint density at radius 3 is 1.82 bits per heavy atom. The third-order valence-corrected chi connectivity index (χ3v) is 7.86. The number of rotatable bonds is 3. The van der Waals surface area contributed by atoms with Gasteiger partial charge in [-0.15, -0.1) is 0 Å². The van der Waals surface area contributed by atoms with Crippen LogP contribution in [-0.2, 0) is 0 Å². The molecule has 0 bridgehead atoms. The first-order chi connectivity index (χ1) is 20.8. The minimum atomic E-state index is -1.96. The number of aliphatic hydroxyl groups is 2. The average molecular weight is 607 g/mol. The Morgan fingerprint density at radius 2 is 1.20 bits per heavy atom. The highest BCUT2D eigenvalue weighted by Crippen LogP contribution is 2.57. The molecule has 0 saturated heterocycles. The van der Waals surface area contributed by atoms with Crippen LogP contribution in [0.4, 0.5) is 0 Å². The van der Waals surface area contributed by atoms with Crippen LogP contribution in [-0.4, -0.2) is 69.1 Å². The lowest BCUT2D eigenvalue weighted by Gasteiger charge is -2.41. The van der Waals surface area contributed by atoms with E-state index in [9.17, 15) is 55.9 Å². The first kappa shape index (κ1) is 28.6. The summed E-state index contributed by atoms with van der Waals surface area (Å²) in [4.78, 5) is 13.5. The highest BCUT2D eigenvalue weighted by atomic mass is 16.5. The molecule has 0 radical (unpaired) electrons. The highest BCUT2D eigenvalue weighted by Gasteiger charge is 2.48. The molecule has 5 unspecified atom stereocenters. The summed E-state index contributed by atoms with van der Waals surface area (Å²) in [5.74, 6) is -7.33. The van der Waals surface area contributed by atoms with Gasteiger partial charge in [-0.05, 0) is 42.8 Å².